The van der Waals surface area contributed by atoms with Gasteiger partial charge < -0.3 is 5.11 Å². The third-order valence-electron chi connectivity index (χ3n) is 3.18. The highest BCUT2D eigenvalue weighted by Gasteiger charge is 2.03. The van der Waals surface area contributed by atoms with E-state index in [1.54, 1.807) is 6.08 Å². The number of benzene rings is 2. The Bertz CT molecular complexity index is 585. The molecule has 0 fully saturated rings. The zero-order chi connectivity index (χ0) is 14.2. The normalized spacial score (nSPS) is 10.8. The molecule has 2 aromatic carbocycles. The van der Waals surface area contributed by atoms with Gasteiger partial charge in [0, 0.05) is 6.08 Å². The van der Waals surface area contributed by atoms with Crippen LogP contribution < -0.4 is 0 Å². The summed E-state index contributed by atoms with van der Waals surface area (Å²) in [5.74, 6) is -0.880. The molecule has 0 aromatic heterocycles. The van der Waals surface area contributed by atoms with Gasteiger partial charge in [-0.1, -0.05) is 60.7 Å². The lowest BCUT2D eigenvalue weighted by Gasteiger charge is -2.09. The number of unbranched alkanes of at least 4 members (excludes halogenated alkanes) is 1. The van der Waals surface area contributed by atoms with Gasteiger partial charge in [0.15, 0.2) is 0 Å². The maximum atomic E-state index is 10.4. The van der Waals surface area contributed by atoms with Crippen molar-refractivity contribution in [1.82, 2.24) is 0 Å². The van der Waals surface area contributed by atoms with E-state index in [-0.39, 0.29) is 0 Å². The number of allylic oxidation sites excluding steroid dienone is 1. The molecule has 0 unspecified atom stereocenters. The number of hydrogen-bond acceptors (Lipinski definition) is 1. The molecule has 0 saturated heterocycles. The molecule has 2 heteroatoms. The number of rotatable bonds is 6. The van der Waals surface area contributed by atoms with Crippen molar-refractivity contribution in [3.8, 4) is 11.1 Å². The maximum Gasteiger partial charge on any atom is 0.327 e. The predicted octanol–water partition coefficient (Wildman–Crippen LogP) is 4.32. The second kappa shape index (κ2) is 7.29. The van der Waals surface area contributed by atoms with Crippen LogP contribution in [0.3, 0.4) is 0 Å². The largest absolute Gasteiger partial charge is 0.478 e. The van der Waals surface area contributed by atoms with Gasteiger partial charge >= 0.3 is 5.97 Å². The minimum Gasteiger partial charge on any atom is -0.478 e. The van der Waals surface area contributed by atoms with Crippen LogP contribution in [0.1, 0.15) is 18.4 Å². The van der Waals surface area contributed by atoms with Crippen LogP contribution in [0.2, 0.25) is 0 Å². The average molecular weight is 266 g/mol. The first kappa shape index (κ1) is 14.1. The topological polar surface area (TPSA) is 37.3 Å². The van der Waals surface area contributed by atoms with Gasteiger partial charge in [-0.15, -0.1) is 0 Å². The van der Waals surface area contributed by atoms with E-state index in [9.17, 15) is 4.79 Å². The molecule has 0 atom stereocenters. The number of carbonyl (C=O) groups is 1. The SMILES string of the molecule is O=C(O)C=CCCCc1ccccc1-c1ccccc1. The Labute approximate surface area is 119 Å². The zero-order valence-electron chi connectivity index (χ0n) is 11.3. The predicted molar refractivity (Wildman–Crippen MR) is 81.6 cm³/mol. The molecule has 0 amide bonds. The van der Waals surface area contributed by atoms with Crippen molar-refractivity contribution in [1.29, 1.82) is 0 Å². The first-order valence-corrected chi connectivity index (χ1v) is 6.80. The standard InChI is InChI=1S/C18H18O2/c19-18(20)14-6-2-5-11-16-12-7-8-13-17(16)15-9-3-1-4-10-15/h1,3-4,6-10,12-14H,2,5,11H2,(H,19,20). The fraction of sp³-hybridized carbons (Fsp3) is 0.167. The van der Waals surface area contributed by atoms with Crippen LogP contribution in [-0.4, -0.2) is 11.1 Å². The Balaban J connectivity index is 2.04. The summed E-state index contributed by atoms with van der Waals surface area (Å²) < 4.78 is 0. The van der Waals surface area contributed by atoms with E-state index in [4.69, 9.17) is 5.11 Å². The van der Waals surface area contributed by atoms with Crippen LogP contribution in [0.5, 0.6) is 0 Å². The molecule has 0 aliphatic rings. The van der Waals surface area contributed by atoms with Gasteiger partial charge in [0.2, 0.25) is 0 Å². The quantitative estimate of drug-likeness (QED) is 0.624. The van der Waals surface area contributed by atoms with Crippen molar-refractivity contribution in [2.45, 2.75) is 19.3 Å². The van der Waals surface area contributed by atoms with E-state index < -0.39 is 5.97 Å². The highest BCUT2D eigenvalue weighted by atomic mass is 16.4. The third kappa shape index (κ3) is 4.09. The van der Waals surface area contributed by atoms with Gasteiger partial charge in [-0.05, 0) is 36.0 Å². The highest BCUT2D eigenvalue weighted by molar-refractivity contribution is 5.79. The number of carboxylic acid groups (broad SMARTS) is 1. The molecule has 2 aromatic rings. The summed E-state index contributed by atoms with van der Waals surface area (Å²) in [5.41, 5.74) is 3.79. The number of hydrogen-bond donors (Lipinski definition) is 1. The summed E-state index contributed by atoms with van der Waals surface area (Å²) in [6.07, 6.45) is 5.62. The molecule has 0 aliphatic carbocycles. The van der Waals surface area contributed by atoms with E-state index in [0.29, 0.717) is 0 Å². The van der Waals surface area contributed by atoms with Gasteiger partial charge in [-0.3, -0.25) is 0 Å². The minimum absolute atomic E-state index is 0.787. The molecule has 20 heavy (non-hydrogen) atoms. The smallest absolute Gasteiger partial charge is 0.327 e. The second-order valence-electron chi connectivity index (χ2n) is 4.66. The molecule has 2 rings (SSSR count). The number of carboxylic acids is 1. The summed E-state index contributed by atoms with van der Waals surface area (Å²) in [4.78, 5) is 10.4. The highest BCUT2D eigenvalue weighted by Crippen LogP contribution is 2.24. The van der Waals surface area contributed by atoms with Crippen molar-refractivity contribution in [2.75, 3.05) is 0 Å². The molecule has 0 heterocycles. The summed E-state index contributed by atoms with van der Waals surface area (Å²) in [6.45, 7) is 0. The molecule has 0 spiro atoms. The second-order valence-corrected chi connectivity index (χ2v) is 4.66. The molecule has 0 aliphatic heterocycles. The van der Waals surface area contributed by atoms with Crippen LogP contribution in [0.25, 0.3) is 11.1 Å². The van der Waals surface area contributed by atoms with E-state index in [1.165, 1.54) is 22.8 Å². The lowest BCUT2D eigenvalue weighted by molar-refractivity contribution is -0.131. The Morgan fingerprint density at radius 1 is 1.00 bits per heavy atom. The first-order chi connectivity index (χ1) is 9.77. The molecule has 1 N–H and O–H groups in total. The third-order valence-corrected chi connectivity index (χ3v) is 3.18. The summed E-state index contributed by atoms with van der Waals surface area (Å²) in [6, 6.07) is 18.7. The summed E-state index contributed by atoms with van der Waals surface area (Å²) in [7, 11) is 0. The van der Waals surface area contributed by atoms with Crippen molar-refractivity contribution < 1.29 is 9.90 Å². The van der Waals surface area contributed by atoms with Gasteiger partial charge in [-0.25, -0.2) is 4.79 Å². The van der Waals surface area contributed by atoms with Crippen LogP contribution in [0.4, 0.5) is 0 Å². The van der Waals surface area contributed by atoms with Crippen molar-refractivity contribution in [3.63, 3.8) is 0 Å². The van der Waals surface area contributed by atoms with E-state index in [1.807, 2.05) is 18.2 Å². The number of aliphatic carboxylic acids is 1. The average Bonchev–Trinajstić information content (AvgIpc) is 2.48. The Hall–Kier alpha value is -2.35. The van der Waals surface area contributed by atoms with E-state index in [0.717, 1.165) is 19.3 Å². The van der Waals surface area contributed by atoms with E-state index in [2.05, 4.69) is 36.4 Å². The maximum absolute atomic E-state index is 10.4. The molecule has 0 radical (unpaired) electrons. The fourth-order valence-electron chi connectivity index (χ4n) is 2.23. The fourth-order valence-corrected chi connectivity index (χ4v) is 2.23. The molecule has 2 nitrogen and oxygen atoms in total. The molecular formula is C18H18O2. The van der Waals surface area contributed by atoms with Gasteiger partial charge in [0.25, 0.3) is 0 Å². The van der Waals surface area contributed by atoms with Gasteiger partial charge in [0.05, 0.1) is 0 Å². The number of aryl methyl sites for hydroxylation is 1. The monoisotopic (exact) mass is 266 g/mol. The Kier molecular flexibility index (Phi) is 5.13. The van der Waals surface area contributed by atoms with E-state index >= 15 is 0 Å². The van der Waals surface area contributed by atoms with Crippen LogP contribution in [0.15, 0.2) is 66.7 Å². The van der Waals surface area contributed by atoms with Crippen molar-refractivity contribution in [2.24, 2.45) is 0 Å². The molecule has 0 saturated carbocycles. The first-order valence-electron chi connectivity index (χ1n) is 6.80. The zero-order valence-corrected chi connectivity index (χ0v) is 11.3. The van der Waals surface area contributed by atoms with Gasteiger partial charge in [-0.2, -0.15) is 0 Å². The summed E-state index contributed by atoms with van der Waals surface area (Å²) >= 11 is 0. The molecule has 102 valence electrons. The lowest BCUT2D eigenvalue weighted by Crippen LogP contribution is -1.90. The summed E-state index contributed by atoms with van der Waals surface area (Å²) in [5, 5.41) is 8.54. The van der Waals surface area contributed by atoms with Crippen molar-refractivity contribution >= 4 is 5.97 Å². The van der Waals surface area contributed by atoms with Crippen LogP contribution >= 0.6 is 0 Å². The lowest BCUT2D eigenvalue weighted by atomic mass is 9.96. The molecule has 0 bridgehead atoms. The van der Waals surface area contributed by atoms with Crippen LogP contribution in [-0.2, 0) is 11.2 Å². The Morgan fingerprint density at radius 2 is 1.70 bits per heavy atom. The van der Waals surface area contributed by atoms with Crippen molar-refractivity contribution in [3.05, 3.63) is 72.3 Å². The van der Waals surface area contributed by atoms with Crippen LogP contribution in [0, 0.1) is 0 Å². The Morgan fingerprint density at radius 3 is 2.45 bits per heavy atom. The molecular weight excluding hydrogens is 248 g/mol. The van der Waals surface area contributed by atoms with Gasteiger partial charge in [0.1, 0.15) is 0 Å². The minimum atomic E-state index is -0.880.